The van der Waals surface area contributed by atoms with Crippen molar-refractivity contribution < 1.29 is 9.90 Å². The Morgan fingerprint density at radius 2 is 2.04 bits per heavy atom. The Morgan fingerprint density at radius 1 is 1.30 bits per heavy atom. The van der Waals surface area contributed by atoms with Crippen LogP contribution in [0, 0.1) is 6.92 Å². The van der Waals surface area contributed by atoms with E-state index in [0.29, 0.717) is 22.7 Å². The number of imidazole rings is 1. The molecule has 1 heterocycles. The van der Waals surface area contributed by atoms with E-state index in [1.807, 2.05) is 42.7 Å². The lowest BCUT2D eigenvalue weighted by molar-refractivity contribution is -0.121. The summed E-state index contributed by atoms with van der Waals surface area (Å²) in [5.41, 5.74) is 5.10. The van der Waals surface area contributed by atoms with Crippen LogP contribution < -0.4 is 5.43 Å². The van der Waals surface area contributed by atoms with Crippen LogP contribution in [-0.2, 0) is 11.3 Å². The maximum Gasteiger partial charge on any atom is 0.260 e. The number of carbonyl (C=O) groups is 1. The van der Waals surface area contributed by atoms with Crippen LogP contribution in [-0.4, -0.2) is 26.3 Å². The first-order valence-electron chi connectivity index (χ1n) is 8.36. The van der Waals surface area contributed by atoms with Gasteiger partial charge in [-0.25, -0.2) is 10.4 Å². The number of aromatic hydroxyl groups is 1. The summed E-state index contributed by atoms with van der Waals surface area (Å²) >= 11 is 12.0. The number of amides is 1. The lowest BCUT2D eigenvalue weighted by atomic mass is 10.1. The van der Waals surface area contributed by atoms with Crippen molar-refractivity contribution in [3.8, 4) is 5.75 Å². The molecule has 0 radical (unpaired) electrons. The Labute approximate surface area is 166 Å². The smallest absolute Gasteiger partial charge is 0.260 e. The molecule has 6 nitrogen and oxygen atoms in total. The van der Waals surface area contributed by atoms with E-state index in [-0.39, 0.29) is 23.2 Å². The second-order valence-corrected chi connectivity index (χ2v) is 6.81. The van der Waals surface area contributed by atoms with Gasteiger partial charge in [-0.2, -0.15) is 5.10 Å². The number of carbonyl (C=O) groups excluding carboxylic acids is 1. The van der Waals surface area contributed by atoms with Gasteiger partial charge in [-0.3, -0.25) is 4.79 Å². The number of nitrogens with one attached hydrogen (secondary N) is 1. The van der Waals surface area contributed by atoms with Crippen LogP contribution in [0.25, 0.3) is 11.0 Å². The molecule has 0 bridgehead atoms. The summed E-state index contributed by atoms with van der Waals surface area (Å²) in [4.78, 5) is 16.8. The first-order chi connectivity index (χ1) is 12.9. The fraction of sp³-hybridized carbons (Fsp3) is 0.211. The number of nitrogens with zero attached hydrogens (tertiary/aromatic N) is 3. The number of hydrogen-bond acceptors (Lipinski definition) is 4. The number of phenols is 1. The van der Waals surface area contributed by atoms with Crippen molar-refractivity contribution >= 4 is 45.9 Å². The van der Waals surface area contributed by atoms with E-state index in [9.17, 15) is 9.90 Å². The minimum atomic E-state index is -0.306. The van der Waals surface area contributed by atoms with Crippen LogP contribution in [0.1, 0.15) is 24.7 Å². The summed E-state index contributed by atoms with van der Waals surface area (Å²) in [7, 11) is 0. The lowest BCUT2D eigenvalue weighted by Gasteiger charge is -2.10. The second kappa shape index (κ2) is 7.98. The third-order valence-corrected chi connectivity index (χ3v) is 4.64. The van der Waals surface area contributed by atoms with Crippen LogP contribution in [0.4, 0.5) is 0 Å². The molecule has 0 aliphatic heterocycles. The zero-order valence-electron chi connectivity index (χ0n) is 14.8. The molecule has 0 saturated heterocycles. The predicted molar refractivity (Wildman–Crippen MR) is 108 cm³/mol. The van der Waals surface area contributed by atoms with Crippen molar-refractivity contribution in [1.82, 2.24) is 15.0 Å². The summed E-state index contributed by atoms with van der Waals surface area (Å²) < 4.78 is 1.82. The lowest BCUT2D eigenvalue weighted by Crippen LogP contribution is -2.25. The zero-order valence-corrected chi connectivity index (χ0v) is 16.3. The van der Waals surface area contributed by atoms with Crippen molar-refractivity contribution in [3.05, 3.63) is 57.8 Å². The normalized spacial score (nSPS) is 11.8. The van der Waals surface area contributed by atoms with Gasteiger partial charge in [0.2, 0.25) is 0 Å². The number of benzene rings is 2. The Bertz CT molecular complexity index is 1040. The predicted octanol–water partition coefficient (Wildman–Crippen LogP) is 4.29. The van der Waals surface area contributed by atoms with Gasteiger partial charge in [-0.1, -0.05) is 42.3 Å². The van der Waals surface area contributed by atoms with E-state index in [1.165, 1.54) is 6.07 Å². The van der Waals surface area contributed by atoms with Crippen molar-refractivity contribution in [2.24, 2.45) is 5.10 Å². The topological polar surface area (TPSA) is 79.5 Å². The number of hydrogen-bond donors (Lipinski definition) is 2. The molecule has 0 fully saturated rings. The van der Waals surface area contributed by atoms with E-state index in [2.05, 4.69) is 15.5 Å². The van der Waals surface area contributed by atoms with Gasteiger partial charge in [0.25, 0.3) is 5.91 Å². The second-order valence-electron chi connectivity index (χ2n) is 5.96. The molecule has 2 aromatic carbocycles. The van der Waals surface area contributed by atoms with E-state index in [1.54, 1.807) is 6.07 Å². The van der Waals surface area contributed by atoms with Crippen LogP contribution in [0.15, 0.2) is 41.5 Å². The van der Waals surface area contributed by atoms with Crippen LogP contribution in [0.3, 0.4) is 0 Å². The Kier molecular flexibility index (Phi) is 5.68. The van der Waals surface area contributed by atoms with E-state index >= 15 is 0 Å². The molecule has 1 aromatic heterocycles. The van der Waals surface area contributed by atoms with Gasteiger partial charge < -0.3 is 9.67 Å². The molecular formula is C19H18Cl2N4O2. The molecule has 3 aromatic rings. The number of aromatic nitrogens is 2. The third-order valence-electron chi connectivity index (χ3n) is 4.14. The molecule has 140 valence electrons. The molecule has 1 amide bonds. The Hall–Kier alpha value is -2.57. The highest BCUT2D eigenvalue weighted by Crippen LogP contribution is 2.32. The highest BCUT2D eigenvalue weighted by Gasteiger charge is 2.14. The number of aryl methyl sites for hydroxylation is 1. The van der Waals surface area contributed by atoms with Gasteiger partial charge in [-0.05, 0) is 37.6 Å². The minimum absolute atomic E-state index is 0.0785. The first-order valence-corrected chi connectivity index (χ1v) is 9.12. The average Bonchev–Trinajstić information content (AvgIpc) is 2.95. The first kappa shape index (κ1) is 19.2. The zero-order chi connectivity index (χ0) is 19.6. The van der Waals surface area contributed by atoms with E-state index < -0.39 is 0 Å². The highest BCUT2D eigenvalue weighted by molar-refractivity contribution is 6.36. The molecule has 2 N–H and O–H groups in total. The number of rotatable bonds is 5. The standard InChI is InChI=1S/C19H18Cl2N4O2/c1-3-15(13-8-12(20)9-14(21)19(13)27)23-24-18(26)10-25-11(2)22-16-6-4-5-7-17(16)25/h4-9,27H,3,10H2,1-2H3,(H,24,26)/b23-15+. The van der Waals surface area contributed by atoms with Crippen LogP contribution >= 0.6 is 23.2 Å². The molecular weight excluding hydrogens is 387 g/mol. The number of para-hydroxylation sites is 2. The summed E-state index contributed by atoms with van der Waals surface area (Å²) in [5.74, 6) is 0.317. The largest absolute Gasteiger partial charge is 0.506 e. The van der Waals surface area contributed by atoms with Gasteiger partial charge in [0.1, 0.15) is 18.1 Å². The number of hydrazone groups is 1. The average molecular weight is 405 g/mol. The number of fused-ring (bicyclic) bond motifs is 1. The van der Waals surface area contributed by atoms with Gasteiger partial charge in [0.15, 0.2) is 0 Å². The van der Waals surface area contributed by atoms with Crippen molar-refractivity contribution in [3.63, 3.8) is 0 Å². The van der Waals surface area contributed by atoms with Crippen LogP contribution in [0.2, 0.25) is 10.0 Å². The van der Waals surface area contributed by atoms with E-state index in [4.69, 9.17) is 23.2 Å². The van der Waals surface area contributed by atoms with Gasteiger partial charge in [0, 0.05) is 10.6 Å². The molecule has 0 atom stereocenters. The fourth-order valence-electron chi connectivity index (χ4n) is 2.82. The summed E-state index contributed by atoms with van der Waals surface area (Å²) in [6.45, 7) is 3.78. The van der Waals surface area contributed by atoms with Crippen molar-refractivity contribution in [1.29, 1.82) is 0 Å². The van der Waals surface area contributed by atoms with Crippen molar-refractivity contribution in [2.45, 2.75) is 26.8 Å². The molecule has 0 aliphatic carbocycles. The molecule has 27 heavy (non-hydrogen) atoms. The monoisotopic (exact) mass is 404 g/mol. The van der Waals surface area contributed by atoms with Gasteiger partial charge >= 0.3 is 0 Å². The molecule has 8 heteroatoms. The number of phenolic OH excluding ortho intramolecular Hbond substituents is 1. The Balaban J connectivity index is 1.82. The number of halogens is 2. The summed E-state index contributed by atoms with van der Waals surface area (Å²) in [6, 6.07) is 10.6. The molecule has 3 rings (SSSR count). The third kappa shape index (κ3) is 4.07. The van der Waals surface area contributed by atoms with Gasteiger partial charge in [-0.15, -0.1) is 0 Å². The molecule has 0 unspecified atom stereocenters. The van der Waals surface area contributed by atoms with Crippen LogP contribution in [0.5, 0.6) is 5.75 Å². The van der Waals surface area contributed by atoms with E-state index in [0.717, 1.165) is 16.9 Å². The maximum atomic E-state index is 12.4. The summed E-state index contributed by atoms with van der Waals surface area (Å²) in [5, 5.41) is 14.8. The van der Waals surface area contributed by atoms with Gasteiger partial charge in [0.05, 0.1) is 21.8 Å². The molecule has 0 saturated carbocycles. The fourth-order valence-corrected chi connectivity index (χ4v) is 3.31. The molecule has 0 spiro atoms. The molecule has 0 aliphatic rings. The summed E-state index contributed by atoms with van der Waals surface area (Å²) in [6.07, 6.45) is 0.470. The quantitative estimate of drug-likeness (QED) is 0.491. The Morgan fingerprint density at radius 3 is 2.78 bits per heavy atom. The SMILES string of the molecule is CC/C(=N\NC(=O)Cn1c(C)nc2ccccc21)c1cc(Cl)cc(Cl)c1O. The van der Waals surface area contributed by atoms with Crippen molar-refractivity contribution in [2.75, 3.05) is 0 Å². The maximum absolute atomic E-state index is 12.4. The minimum Gasteiger partial charge on any atom is -0.506 e. The highest BCUT2D eigenvalue weighted by atomic mass is 35.5.